The van der Waals surface area contributed by atoms with E-state index in [0.717, 1.165) is 59.7 Å². The van der Waals surface area contributed by atoms with Crippen LogP contribution in [0.4, 0.5) is 5.13 Å². The van der Waals surface area contributed by atoms with E-state index < -0.39 is 0 Å². The molecule has 0 bridgehead atoms. The second-order valence-electron chi connectivity index (χ2n) is 6.96. The van der Waals surface area contributed by atoms with Crippen LogP contribution in [0.5, 0.6) is 5.75 Å². The minimum atomic E-state index is 0.139. The maximum atomic E-state index is 13.2. The number of rotatable bonds is 7. The van der Waals surface area contributed by atoms with E-state index in [1.54, 1.807) is 24.6 Å². The van der Waals surface area contributed by atoms with Crippen molar-refractivity contribution >= 4 is 32.6 Å². The highest BCUT2D eigenvalue weighted by Crippen LogP contribution is 2.34. The fourth-order valence-electron chi connectivity index (χ4n) is 3.66. The van der Waals surface area contributed by atoms with Gasteiger partial charge >= 0.3 is 0 Å². The number of amides is 1. The molecular formula is C20H24N4O2S. The molecule has 142 valence electrons. The molecule has 1 aliphatic carbocycles. The highest BCUT2D eigenvalue weighted by Gasteiger charge is 2.29. The van der Waals surface area contributed by atoms with Crippen molar-refractivity contribution in [3.8, 4) is 5.75 Å². The number of fused-ring (bicyclic) bond motifs is 1. The topological polar surface area (TPSA) is 60.2 Å². The number of aryl methyl sites for hydroxylation is 1. The maximum Gasteiger partial charge on any atom is 0.231 e. The molecule has 0 radical (unpaired) electrons. The van der Waals surface area contributed by atoms with Crippen LogP contribution >= 0.6 is 11.3 Å². The highest BCUT2D eigenvalue weighted by atomic mass is 32.1. The van der Waals surface area contributed by atoms with Crippen molar-refractivity contribution in [2.45, 2.75) is 38.6 Å². The number of imidazole rings is 1. The third-order valence-electron chi connectivity index (χ3n) is 5.14. The summed E-state index contributed by atoms with van der Waals surface area (Å²) in [5.74, 6) is 1.18. The number of anilines is 1. The van der Waals surface area contributed by atoms with Crippen LogP contribution in [0, 0.1) is 5.92 Å². The van der Waals surface area contributed by atoms with Crippen molar-refractivity contribution in [3.63, 3.8) is 0 Å². The quantitative estimate of drug-likeness (QED) is 0.615. The minimum Gasteiger partial charge on any atom is -0.497 e. The minimum absolute atomic E-state index is 0.139. The lowest BCUT2D eigenvalue weighted by atomic mass is 10.1. The van der Waals surface area contributed by atoms with Gasteiger partial charge in [-0.15, -0.1) is 0 Å². The second kappa shape index (κ2) is 8.08. The SMILES string of the molecule is COc1ccc2nc(N(CCCn3ccnc3)C(=O)C3CCCC3)sc2c1. The molecule has 0 saturated heterocycles. The third kappa shape index (κ3) is 3.98. The largest absolute Gasteiger partial charge is 0.497 e. The second-order valence-corrected chi connectivity index (χ2v) is 7.96. The number of carbonyl (C=O) groups excluding carboxylic acids is 1. The van der Waals surface area contributed by atoms with Gasteiger partial charge in [0.2, 0.25) is 5.91 Å². The molecule has 3 aromatic rings. The number of carbonyl (C=O) groups is 1. The van der Waals surface area contributed by atoms with E-state index in [1.165, 1.54) is 0 Å². The first-order chi connectivity index (χ1) is 13.2. The molecule has 0 atom stereocenters. The van der Waals surface area contributed by atoms with Crippen LogP contribution in [-0.4, -0.2) is 34.1 Å². The fraction of sp³-hybridized carbons (Fsp3) is 0.450. The number of hydrogen-bond acceptors (Lipinski definition) is 5. The molecule has 0 unspecified atom stereocenters. The zero-order chi connectivity index (χ0) is 18.6. The molecular weight excluding hydrogens is 360 g/mol. The molecule has 1 fully saturated rings. The standard InChI is InChI=1S/C20H24N4O2S/c1-26-16-7-8-17-18(13-16)27-20(22-17)24(19(25)15-5-2-3-6-15)11-4-10-23-12-9-21-14-23/h7-9,12-15H,2-6,10-11H2,1H3. The van der Waals surface area contributed by atoms with E-state index in [4.69, 9.17) is 9.72 Å². The third-order valence-corrected chi connectivity index (χ3v) is 6.18. The Hall–Kier alpha value is -2.41. The average molecular weight is 385 g/mol. The number of nitrogens with zero attached hydrogens (tertiary/aromatic N) is 4. The Kier molecular flexibility index (Phi) is 5.38. The summed E-state index contributed by atoms with van der Waals surface area (Å²) < 4.78 is 8.40. The van der Waals surface area contributed by atoms with Crippen molar-refractivity contribution in [2.24, 2.45) is 5.92 Å². The lowest BCUT2D eigenvalue weighted by Crippen LogP contribution is -2.36. The Morgan fingerprint density at radius 2 is 2.22 bits per heavy atom. The normalized spacial score (nSPS) is 14.7. The molecule has 27 heavy (non-hydrogen) atoms. The Bertz CT molecular complexity index is 900. The Morgan fingerprint density at radius 1 is 1.37 bits per heavy atom. The molecule has 1 aliphatic rings. The monoisotopic (exact) mass is 384 g/mol. The van der Waals surface area contributed by atoms with Gasteiger partial charge < -0.3 is 9.30 Å². The summed E-state index contributed by atoms with van der Waals surface area (Å²) in [5.41, 5.74) is 0.912. The van der Waals surface area contributed by atoms with E-state index in [9.17, 15) is 4.79 Å². The number of ether oxygens (including phenoxy) is 1. The van der Waals surface area contributed by atoms with Crippen molar-refractivity contribution in [1.82, 2.24) is 14.5 Å². The maximum absolute atomic E-state index is 13.2. The first kappa shape index (κ1) is 18.0. The highest BCUT2D eigenvalue weighted by molar-refractivity contribution is 7.22. The van der Waals surface area contributed by atoms with E-state index >= 15 is 0 Å². The first-order valence-corrected chi connectivity index (χ1v) is 10.3. The molecule has 1 aromatic carbocycles. The number of hydrogen-bond donors (Lipinski definition) is 0. The Labute approximate surface area is 162 Å². The van der Waals surface area contributed by atoms with Crippen molar-refractivity contribution in [1.29, 1.82) is 0 Å². The summed E-state index contributed by atoms with van der Waals surface area (Å²) in [6, 6.07) is 5.85. The summed E-state index contributed by atoms with van der Waals surface area (Å²) >= 11 is 1.56. The van der Waals surface area contributed by atoms with Crippen LogP contribution in [0.25, 0.3) is 10.2 Å². The van der Waals surface area contributed by atoms with Gasteiger partial charge in [0.05, 0.1) is 23.7 Å². The van der Waals surface area contributed by atoms with E-state index in [-0.39, 0.29) is 11.8 Å². The summed E-state index contributed by atoms with van der Waals surface area (Å²) in [5, 5.41) is 0.792. The molecule has 2 heterocycles. The predicted octanol–water partition coefficient (Wildman–Crippen LogP) is 4.11. The zero-order valence-corrected chi connectivity index (χ0v) is 16.3. The summed E-state index contributed by atoms with van der Waals surface area (Å²) in [6.07, 6.45) is 10.7. The summed E-state index contributed by atoms with van der Waals surface area (Å²) in [6.45, 7) is 1.51. The van der Waals surface area contributed by atoms with Crippen LogP contribution in [-0.2, 0) is 11.3 Å². The van der Waals surface area contributed by atoms with Crippen LogP contribution in [0.1, 0.15) is 32.1 Å². The van der Waals surface area contributed by atoms with Gasteiger partial charge in [0.15, 0.2) is 5.13 Å². The molecule has 1 saturated carbocycles. The van der Waals surface area contributed by atoms with Gasteiger partial charge in [-0.2, -0.15) is 0 Å². The van der Waals surface area contributed by atoms with Gasteiger partial charge in [-0.1, -0.05) is 24.2 Å². The average Bonchev–Trinajstić information content (AvgIpc) is 3.45. The van der Waals surface area contributed by atoms with Gasteiger partial charge in [0.1, 0.15) is 5.75 Å². The Balaban J connectivity index is 1.56. The van der Waals surface area contributed by atoms with E-state index in [1.807, 2.05) is 40.2 Å². The van der Waals surface area contributed by atoms with Gasteiger partial charge in [0, 0.05) is 31.4 Å². The summed E-state index contributed by atoms with van der Waals surface area (Å²) in [4.78, 5) is 23.9. The van der Waals surface area contributed by atoms with Crippen molar-refractivity contribution in [2.75, 3.05) is 18.6 Å². The number of aromatic nitrogens is 3. The van der Waals surface area contributed by atoms with Gasteiger partial charge in [-0.05, 0) is 37.5 Å². The molecule has 1 amide bonds. The van der Waals surface area contributed by atoms with Crippen LogP contribution in [0.2, 0.25) is 0 Å². The molecule has 2 aromatic heterocycles. The number of benzene rings is 1. The van der Waals surface area contributed by atoms with E-state index in [2.05, 4.69) is 4.98 Å². The fourth-order valence-corrected chi connectivity index (χ4v) is 4.68. The van der Waals surface area contributed by atoms with Crippen molar-refractivity contribution in [3.05, 3.63) is 36.9 Å². The smallest absolute Gasteiger partial charge is 0.231 e. The lowest BCUT2D eigenvalue weighted by molar-refractivity contribution is -0.122. The van der Waals surface area contributed by atoms with Crippen molar-refractivity contribution < 1.29 is 9.53 Å². The number of methoxy groups -OCH3 is 1. The van der Waals surface area contributed by atoms with Crippen LogP contribution < -0.4 is 9.64 Å². The van der Waals surface area contributed by atoms with Gasteiger partial charge in [0.25, 0.3) is 0 Å². The van der Waals surface area contributed by atoms with E-state index in [0.29, 0.717) is 6.54 Å². The number of thiazole rings is 1. The predicted molar refractivity (Wildman–Crippen MR) is 107 cm³/mol. The molecule has 4 rings (SSSR count). The first-order valence-electron chi connectivity index (χ1n) is 9.46. The zero-order valence-electron chi connectivity index (χ0n) is 15.5. The van der Waals surface area contributed by atoms with Gasteiger partial charge in [-0.25, -0.2) is 9.97 Å². The molecule has 7 heteroatoms. The lowest BCUT2D eigenvalue weighted by Gasteiger charge is -2.23. The van der Waals surface area contributed by atoms with Gasteiger partial charge in [-0.3, -0.25) is 9.69 Å². The van der Waals surface area contributed by atoms with Crippen LogP contribution in [0.3, 0.4) is 0 Å². The van der Waals surface area contributed by atoms with Crippen LogP contribution in [0.15, 0.2) is 36.9 Å². The molecule has 0 spiro atoms. The molecule has 6 nitrogen and oxygen atoms in total. The molecule has 0 aliphatic heterocycles. The Morgan fingerprint density at radius 3 is 2.96 bits per heavy atom. The molecule has 0 N–H and O–H groups in total. The summed E-state index contributed by atoms with van der Waals surface area (Å²) in [7, 11) is 1.66.